The summed E-state index contributed by atoms with van der Waals surface area (Å²) in [5.41, 5.74) is 4.79. The van der Waals surface area contributed by atoms with E-state index >= 15 is 0 Å². The molecule has 230 valence electrons. The number of benzene rings is 4. The van der Waals surface area contributed by atoms with Gasteiger partial charge in [0.05, 0.1) is 10.6 Å². The normalized spacial score (nSPS) is 12.0. The van der Waals surface area contributed by atoms with E-state index in [0.717, 1.165) is 22.3 Å². The highest BCUT2D eigenvalue weighted by Crippen LogP contribution is 2.29. The Labute approximate surface area is 261 Å². The molecule has 0 aliphatic carbocycles. The largest absolute Gasteiger partial charge is 0.352 e. The van der Waals surface area contributed by atoms with Crippen LogP contribution in [0.25, 0.3) is 0 Å². The average molecular weight is 612 g/mol. The van der Waals surface area contributed by atoms with Crippen molar-refractivity contribution in [3.05, 3.63) is 131 Å². The van der Waals surface area contributed by atoms with Crippen LogP contribution in [0.2, 0.25) is 0 Å². The van der Waals surface area contributed by atoms with E-state index in [2.05, 4.69) is 5.32 Å². The molecule has 4 aromatic carbocycles. The highest BCUT2D eigenvalue weighted by atomic mass is 32.2. The van der Waals surface area contributed by atoms with Crippen LogP contribution in [0.15, 0.2) is 108 Å². The minimum absolute atomic E-state index is 0.0807. The lowest BCUT2D eigenvalue weighted by molar-refractivity contribution is -0.140. The minimum atomic E-state index is -4.14. The summed E-state index contributed by atoms with van der Waals surface area (Å²) in [6.45, 7) is 9.09. The summed E-state index contributed by atoms with van der Waals surface area (Å²) in [4.78, 5) is 29.9. The molecule has 1 atom stereocenters. The van der Waals surface area contributed by atoms with Crippen LogP contribution in [0.4, 0.5) is 5.69 Å². The summed E-state index contributed by atoms with van der Waals surface area (Å²) in [5.74, 6) is -0.778. The van der Waals surface area contributed by atoms with E-state index in [1.165, 1.54) is 21.3 Å². The van der Waals surface area contributed by atoms with E-state index in [4.69, 9.17) is 0 Å². The topological polar surface area (TPSA) is 86.8 Å². The molecule has 0 heterocycles. The Morgan fingerprint density at radius 2 is 1.34 bits per heavy atom. The number of nitrogens with one attached hydrogen (secondary N) is 1. The van der Waals surface area contributed by atoms with Crippen LogP contribution in [0.1, 0.15) is 41.7 Å². The number of rotatable bonds is 12. The highest BCUT2D eigenvalue weighted by Gasteiger charge is 2.35. The van der Waals surface area contributed by atoms with Gasteiger partial charge in [-0.15, -0.1) is 0 Å². The Hall–Kier alpha value is -4.43. The zero-order valence-electron chi connectivity index (χ0n) is 26.0. The van der Waals surface area contributed by atoms with Crippen molar-refractivity contribution in [3.63, 3.8) is 0 Å². The second-order valence-corrected chi connectivity index (χ2v) is 13.4. The van der Waals surface area contributed by atoms with E-state index in [9.17, 15) is 18.0 Å². The maximum absolute atomic E-state index is 14.5. The molecule has 0 unspecified atom stereocenters. The van der Waals surface area contributed by atoms with Crippen LogP contribution in [-0.2, 0) is 32.6 Å². The Morgan fingerprint density at radius 3 is 1.95 bits per heavy atom. The third kappa shape index (κ3) is 8.14. The fourth-order valence-corrected chi connectivity index (χ4v) is 6.54. The summed E-state index contributed by atoms with van der Waals surface area (Å²) in [7, 11) is -4.14. The van der Waals surface area contributed by atoms with E-state index < -0.39 is 28.5 Å². The van der Waals surface area contributed by atoms with E-state index in [1.807, 2.05) is 101 Å². The number of hydrogen-bond acceptors (Lipinski definition) is 4. The van der Waals surface area contributed by atoms with Gasteiger partial charge in [0.2, 0.25) is 11.8 Å². The number of hydrogen-bond donors (Lipinski definition) is 1. The Bertz CT molecular complexity index is 1670. The van der Waals surface area contributed by atoms with E-state index in [0.29, 0.717) is 11.3 Å². The summed E-state index contributed by atoms with van der Waals surface area (Å²) in [6, 6.07) is 29.9. The molecular weight excluding hydrogens is 570 g/mol. The molecule has 8 heteroatoms. The molecule has 4 aromatic rings. The number of carbonyl (C=O) groups is 2. The molecule has 0 aromatic heterocycles. The lowest BCUT2D eigenvalue weighted by Gasteiger charge is -2.34. The number of amides is 2. The van der Waals surface area contributed by atoms with E-state index in [1.54, 1.807) is 24.3 Å². The monoisotopic (exact) mass is 611 g/mol. The molecule has 0 fully saturated rings. The summed E-state index contributed by atoms with van der Waals surface area (Å²) >= 11 is 0. The highest BCUT2D eigenvalue weighted by molar-refractivity contribution is 7.92. The molecule has 44 heavy (non-hydrogen) atoms. The van der Waals surface area contributed by atoms with Crippen LogP contribution in [-0.4, -0.2) is 43.8 Å². The van der Waals surface area contributed by atoms with Gasteiger partial charge >= 0.3 is 0 Å². The number of nitrogens with zero attached hydrogens (tertiary/aromatic N) is 2. The zero-order valence-corrected chi connectivity index (χ0v) is 26.8. The summed E-state index contributed by atoms with van der Waals surface area (Å²) in [6.07, 6.45) is 0.270. The molecule has 2 amide bonds. The SMILES string of the molecule is Cc1ccc(CN(C(=O)CN(c2cc(C)ccc2C)S(=O)(=O)c2ccccc2)[C@H](Cc2ccccc2)C(=O)NC(C)C)cc1. The first-order chi connectivity index (χ1) is 21.0. The number of aryl methyl sites for hydroxylation is 3. The lowest BCUT2D eigenvalue weighted by atomic mass is 10.0. The van der Waals surface area contributed by atoms with Crippen LogP contribution in [0, 0.1) is 20.8 Å². The van der Waals surface area contributed by atoms with Crippen molar-refractivity contribution in [2.75, 3.05) is 10.8 Å². The summed E-state index contributed by atoms with van der Waals surface area (Å²) < 4.78 is 29.5. The lowest BCUT2D eigenvalue weighted by Crippen LogP contribution is -2.54. The molecule has 0 radical (unpaired) electrons. The molecular formula is C36H41N3O4S. The third-order valence-corrected chi connectivity index (χ3v) is 9.19. The van der Waals surface area contributed by atoms with Gasteiger partial charge in [-0.25, -0.2) is 8.42 Å². The van der Waals surface area contributed by atoms with Gasteiger partial charge in [0, 0.05) is 19.0 Å². The first-order valence-electron chi connectivity index (χ1n) is 14.8. The molecule has 4 rings (SSSR count). The van der Waals surface area contributed by atoms with Crippen molar-refractivity contribution in [2.24, 2.45) is 0 Å². The minimum Gasteiger partial charge on any atom is -0.352 e. The van der Waals surface area contributed by atoms with Gasteiger partial charge in [-0.1, -0.05) is 90.5 Å². The van der Waals surface area contributed by atoms with Crippen molar-refractivity contribution >= 4 is 27.5 Å². The van der Waals surface area contributed by atoms with Gasteiger partial charge in [0.25, 0.3) is 10.0 Å². The smallest absolute Gasteiger partial charge is 0.264 e. The van der Waals surface area contributed by atoms with Gasteiger partial charge in [-0.05, 0) is 75.1 Å². The summed E-state index contributed by atoms with van der Waals surface area (Å²) in [5, 5.41) is 2.99. The van der Waals surface area contributed by atoms with Crippen LogP contribution < -0.4 is 9.62 Å². The van der Waals surface area contributed by atoms with Gasteiger partial charge < -0.3 is 10.2 Å². The predicted octanol–water partition coefficient (Wildman–Crippen LogP) is 5.97. The van der Waals surface area contributed by atoms with Crippen molar-refractivity contribution in [3.8, 4) is 0 Å². The molecule has 1 N–H and O–H groups in total. The maximum atomic E-state index is 14.5. The molecule has 0 bridgehead atoms. The average Bonchev–Trinajstić information content (AvgIpc) is 3.00. The fourth-order valence-electron chi connectivity index (χ4n) is 5.05. The molecule has 0 saturated heterocycles. The molecule has 0 aliphatic rings. The van der Waals surface area contributed by atoms with Crippen molar-refractivity contribution in [1.82, 2.24) is 10.2 Å². The van der Waals surface area contributed by atoms with Gasteiger partial charge in [-0.3, -0.25) is 13.9 Å². The second-order valence-electron chi connectivity index (χ2n) is 11.5. The standard InChI is InChI=1S/C36H41N3O4S/c1-26(2)37-36(41)34(23-30-12-8-6-9-13-30)38(24-31-20-17-27(3)18-21-31)35(40)25-39(33-22-28(4)16-19-29(33)5)44(42,43)32-14-10-7-11-15-32/h6-22,26,34H,23-25H2,1-5H3,(H,37,41)/t34-/m1/s1. The van der Waals surface area contributed by atoms with Crippen LogP contribution in [0.3, 0.4) is 0 Å². The molecule has 7 nitrogen and oxygen atoms in total. The Balaban J connectivity index is 1.82. The van der Waals surface area contributed by atoms with Gasteiger partial charge in [0.15, 0.2) is 0 Å². The van der Waals surface area contributed by atoms with Crippen molar-refractivity contribution in [2.45, 2.75) is 64.6 Å². The fraction of sp³-hybridized carbons (Fsp3) is 0.278. The molecule has 0 saturated carbocycles. The van der Waals surface area contributed by atoms with Gasteiger partial charge in [0.1, 0.15) is 12.6 Å². The Morgan fingerprint density at radius 1 is 0.750 bits per heavy atom. The number of carbonyl (C=O) groups excluding carboxylic acids is 2. The van der Waals surface area contributed by atoms with Crippen molar-refractivity contribution in [1.29, 1.82) is 0 Å². The first-order valence-corrected chi connectivity index (χ1v) is 16.2. The van der Waals surface area contributed by atoms with E-state index in [-0.39, 0.29) is 29.8 Å². The second kappa shape index (κ2) is 14.4. The Kier molecular flexibility index (Phi) is 10.6. The van der Waals surface area contributed by atoms with Gasteiger partial charge in [-0.2, -0.15) is 0 Å². The first kappa shape index (κ1) is 32.5. The quantitative estimate of drug-likeness (QED) is 0.214. The van der Waals surface area contributed by atoms with Crippen molar-refractivity contribution < 1.29 is 18.0 Å². The number of sulfonamides is 1. The third-order valence-electron chi connectivity index (χ3n) is 7.42. The van der Waals surface area contributed by atoms with Crippen LogP contribution >= 0.6 is 0 Å². The predicted molar refractivity (Wildman–Crippen MR) is 176 cm³/mol. The van der Waals surface area contributed by atoms with Crippen LogP contribution in [0.5, 0.6) is 0 Å². The maximum Gasteiger partial charge on any atom is 0.264 e. The number of anilines is 1. The zero-order chi connectivity index (χ0) is 31.9. The molecule has 0 aliphatic heterocycles. The molecule has 0 spiro atoms.